The fourth-order valence-electron chi connectivity index (χ4n) is 4.75. The number of carbonyl (C=O) groups is 1. The minimum atomic E-state index is -0.539. The van der Waals surface area contributed by atoms with E-state index in [4.69, 9.17) is 14.7 Å². The number of imidazole rings is 1. The zero-order valence-electron chi connectivity index (χ0n) is 23.7. The van der Waals surface area contributed by atoms with Crippen LogP contribution in [0.4, 0.5) is 22.2 Å². The van der Waals surface area contributed by atoms with Crippen molar-refractivity contribution < 1.29 is 9.53 Å². The third-order valence-corrected chi connectivity index (χ3v) is 6.76. The average molecular weight is 523 g/mol. The molecule has 0 saturated heterocycles. The second-order valence-electron chi connectivity index (χ2n) is 11.6. The van der Waals surface area contributed by atoms with Gasteiger partial charge in [0.15, 0.2) is 17.0 Å². The lowest BCUT2D eigenvalue weighted by Crippen LogP contribution is -2.36. The molecule has 1 saturated carbocycles. The Morgan fingerprint density at radius 2 is 1.89 bits per heavy atom. The van der Waals surface area contributed by atoms with E-state index in [9.17, 15) is 4.79 Å². The minimum Gasteiger partial charge on any atom is -0.444 e. The largest absolute Gasteiger partial charge is 0.444 e. The second kappa shape index (κ2) is 11.6. The summed E-state index contributed by atoms with van der Waals surface area (Å²) in [5.41, 5.74) is 2.77. The van der Waals surface area contributed by atoms with Crippen LogP contribution in [-0.4, -0.2) is 62.3 Å². The molecule has 1 fully saturated rings. The molecule has 38 heavy (non-hydrogen) atoms. The molecule has 10 nitrogen and oxygen atoms in total. The summed E-state index contributed by atoms with van der Waals surface area (Å²) in [6, 6.07) is 9.06. The molecule has 0 spiro atoms. The van der Waals surface area contributed by atoms with Crippen LogP contribution < -0.4 is 16.0 Å². The van der Waals surface area contributed by atoms with Crippen molar-refractivity contribution in [2.24, 2.45) is 0 Å². The van der Waals surface area contributed by atoms with Gasteiger partial charge in [-0.25, -0.2) is 9.78 Å². The van der Waals surface area contributed by atoms with E-state index >= 15 is 0 Å². The number of amides is 1. The number of nitrogens with one attached hydrogen (secondary N) is 3. The normalized spacial score (nSPS) is 18.1. The van der Waals surface area contributed by atoms with Crippen molar-refractivity contribution in [2.75, 3.05) is 24.7 Å². The molecule has 4 rings (SSSR count). The molecule has 0 bridgehead atoms. The maximum absolute atomic E-state index is 12.1. The number of alkyl carbamates (subject to hydrolysis) is 1. The Hall–Kier alpha value is -3.40. The zero-order valence-corrected chi connectivity index (χ0v) is 23.7. The Labute approximate surface area is 225 Å². The Kier molecular flexibility index (Phi) is 8.40. The fourth-order valence-corrected chi connectivity index (χ4v) is 4.75. The molecule has 1 aliphatic rings. The van der Waals surface area contributed by atoms with Gasteiger partial charge in [0, 0.05) is 30.4 Å². The van der Waals surface area contributed by atoms with Crippen LogP contribution in [0.25, 0.3) is 11.2 Å². The molecule has 0 radical (unpaired) electrons. The van der Waals surface area contributed by atoms with Crippen LogP contribution in [0.3, 0.4) is 0 Å². The Bertz CT molecular complexity index is 1240. The molecule has 0 atom stereocenters. The van der Waals surface area contributed by atoms with Gasteiger partial charge in [-0.05, 0) is 92.1 Å². The minimum absolute atomic E-state index is 0.216. The van der Waals surface area contributed by atoms with Crippen molar-refractivity contribution >= 4 is 34.7 Å². The first kappa shape index (κ1) is 27.6. The van der Waals surface area contributed by atoms with Crippen LogP contribution in [0.2, 0.25) is 0 Å². The van der Waals surface area contributed by atoms with E-state index in [1.165, 1.54) is 0 Å². The molecule has 2 heterocycles. The smallest absolute Gasteiger partial charge is 0.407 e. The number of carbonyl (C=O) groups excluding carboxylic acids is 1. The third-order valence-electron chi connectivity index (χ3n) is 6.76. The highest BCUT2D eigenvalue weighted by Crippen LogP contribution is 2.29. The predicted octanol–water partition coefficient (Wildman–Crippen LogP) is 5.46. The molecule has 206 valence electrons. The summed E-state index contributed by atoms with van der Waals surface area (Å²) < 4.78 is 7.41. The Morgan fingerprint density at radius 1 is 1.16 bits per heavy atom. The van der Waals surface area contributed by atoms with Crippen LogP contribution in [0.15, 0.2) is 30.6 Å². The second-order valence-corrected chi connectivity index (χ2v) is 11.6. The van der Waals surface area contributed by atoms with Gasteiger partial charge in [0.05, 0.1) is 6.33 Å². The van der Waals surface area contributed by atoms with Crippen molar-refractivity contribution in [1.29, 1.82) is 0 Å². The van der Waals surface area contributed by atoms with E-state index in [-0.39, 0.29) is 6.04 Å². The number of rotatable bonds is 8. The summed E-state index contributed by atoms with van der Waals surface area (Å²) in [5.74, 6) is 1.26. The highest BCUT2D eigenvalue weighted by atomic mass is 16.6. The number of hydrogen-bond donors (Lipinski definition) is 3. The SMILES string of the molecule is CC(C)n1cnc2c(Nc3cccc(CNC(=O)OC(C)(C)C)c3)nc(N[C@H]3CC[C@H](N(C)C)CC3)nc21. The van der Waals surface area contributed by atoms with Crippen LogP contribution in [0, 0.1) is 0 Å². The number of nitrogens with zero attached hydrogens (tertiary/aromatic N) is 5. The third kappa shape index (κ3) is 7.12. The molecule has 1 aliphatic carbocycles. The van der Waals surface area contributed by atoms with Gasteiger partial charge in [-0.15, -0.1) is 0 Å². The molecular weight excluding hydrogens is 480 g/mol. The van der Waals surface area contributed by atoms with E-state index in [1.807, 2.05) is 51.4 Å². The number of hydrogen-bond acceptors (Lipinski definition) is 8. The number of aromatic nitrogens is 4. The Morgan fingerprint density at radius 3 is 2.55 bits per heavy atom. The summed E-state index contributed by atoms with van der Waals surface area (Å²) in [6.45, 7) is 10.1. The topological polar surface area (TPSA) is 109 Å². The highest BCUT2D eigenvalue weighted by molar-refractivity contribution is 5.86. The lowest BCUT2D eigenvalue weighted by molar-refractivity contribution is 0.0523. The van der Waals surface area contributed by atoms with E-state index in [0.29, 0.717) is 30.4 Å². The summed E-state index contributed by atoms with van der Waals surface area (Å²) in [7, 11) is 4.31. The maximum Gasteiger partial charge on any atom is 0.407 e. The van der Waals surface area contributed by atoms with Crippen LogP contribution in [-0.2, 0) is 11.3 Å². The maximum atomic E-state index is 12.1. The molecule has 3 aromatic rings. The predicted molar refractivity (Wildman–Crippen MR) is 152 cm³/mol. The fraction of sp³-hybridized carbons (Fsp3) is 0.571. The van der Waals surface area contributed by atoms with Gasteiger partial charge < -0.3 is 30.2 Å². The van der Waals surface area contributed by atoms with Gasteiger partial charge in [0.2, 0.25) is 5.95 Å². The van der Waals surface area contributed by atoms with Gasteiger partial charge in [0.1, 0.15) is 5.60 Å². The van der Waals surface area contributed by atoms with Crippen molar-refractivity contribution in [2.45, 2.75) is 90.6 Å². The van der Waals surface area contributed by atoms with E-state index in [0.717, 1.165) is 48.1 Å². The molecule has 1 aromatic carbocycles. The quantitative estimate of drug-likeness (QED) is 0.358. The first-order chi connectivity index (χ1) is 18.0. The van der Waals surface area contributed by atoms with Crippen molar-refractivity contribution in [3.63, 3.8) is 0 Å². The molecule has 10 heteroatoms. The summed E-state index contributed by atoms with van der Waals surface area (Å²) >= 11 is 0. The first-order valence-electron chi connectivity index (χ1n) is 13.5. The van der Waals surface area contributed by atoms with Gasteiger partial charge in [-0.2, -0.15) is 9.97 Å². The molecule has 1 amide bonds. The molecule has 3 N–H and O–H groups in total. The molecule has 2 aromatic heterocycles. The molecule has 0 aliphatic heterocycles. The number of ether oxygens (including phenoxy) is 1. The van der Waals surface area contributed by atoms with Crippen LogP contribution in [0.5, 0.6) is 0 Å². The Balaban J connectivity index is 1.53. The standard InChI is InChI=1S/C28H42N8O2/c1-18(2)36-17-30-23-24(31-21-10-8-9-19(15-21)16-29-27(37)38-28(3,4)5)33-26(34-25(23)36)32-20-11-13-22(14-12-20)35(6)7/h8-10,15,17-18,20,22H,11-14,16H2,1-7H3,(H,29,37)(H2,31,32,33,34)/t20-,22-. The summed E-state index contributed by atoms with van der Waals surface area (Å²) in [4.78, 5) is 28.8. The number of benzene rings is 1. The first-order valence-corrected chi connectivity index (χ1v) is 13.5. The lowest BCUT2D eigenvalue weighted by atomic mass is 9.91. The molecular formula is C28H42N8O2. The van der Waals surface area contributed by atoms with Gasteiger partial charge in [-0.1, -0.05) is 12.1 Å². The van der Waals surface area contributed by atoms with Gasteiger partial charge in [-0.3, -0.25) is 0 Å². The van der Waals surface area contributed by atoms with Crippen LogP contribution in [0.1, 0.15) is 71.9 Å². The van der Waals surface area contributed by atoms with E-state index < -0.39 is 11.7 Å². The van der Waals surface area contributed by atoms with Crippen molar-refractivity contribution in [3.8, 4) is 0 Å². The van der Waals surface area contributed by atoms with Gasteiger partial charge in [0.25, 0.3) is 0 Å². The molecule has 0 unspecified atom stereocenters. The summed E-state index contributed by atoms with van der Waals surface area (Å²) in [5, 5.41) is 9.85. The number of fused-ring (bicyclic) bond motifs is 1. The number of anilines is 3. The van der Waals surface area contributed by atoms with E-state index in [1.54, 1.807) is 0 Å². The van der Waals surface area contributed by atoms with Crippen molar-refractivity contribution in [3.05, 3.63) is 36.2 Å². The zero-order chi connectivity index (χ0) is 27.4. The highest BCUT2D eigenvalue weighted by Gasteiger charge is 2.24. The van der Waals surface area contributed by atoms with Gasteiger partial charge >= 0.3 is 6.09 Å². The van der Waals surface area contributed by atoms with Crippen molar-refractivity contribution in [1.82, 2.24) is 29.7 Å². The average Bonchev–Trinajstić information content (AvgIpc) is 3.27. The lowest BCUT2D eigenvalue weighted by Gasteiger charge is -2.33. The monoisotopic (exact) mass is 522 g/mol. The summed E-state index contributed by atoms with van der Waals surface area (Å²) in [6.07, 6.45) is 5.87. The van der Waals surface area contributed by atoms with Crippen LogP contribution >= 0.6 is 0 Å². The van der Waals surface area contributed by atoms with E-state index in [2.05, 4.69) is 58.3 Å².